The summed E-state index contributed by atoms with van der Waals surface area (Å²) < 4.78 is 15.9. The van der Waals surface area contributed by atoms with Gasteiger partial charge in [0.05, 0.1) is 27.0 Å². The van der Waals surface area contributed by atoms with Crippen molar-refractivity contribution < 1.29 is 19.0 Å². The van der Waals surface area contributed by atoms with Crippen LogP contribution in [0.4, 0.5) is 5.69 Å². The number of carbonyl (C=O) groups is 1. The third-order valence-electron chi connectivity index (χ3n) is 3.57. The Morgan fingerprint density at radius 3 is 2.41 bits per heavy atom. The van der Waals surface area contributed by atoms with Crippen LogP contribution in [0.2, 0.25) is 0 Å². The zero-order valence-corrected chi connectivity index (χ0v) is 12.8. The summed E-state index contributed by atoms with van der Waals surface area (Å²) in [5.41, 5.74) is 9.05. The summed E-state index contributed by atoms with van der Waals surface area (Å²) >= 11 is 0. The van der Waals surface area contributed by atoms with Gasteiger partial charge in [-0.05, 0) is 11.4 Å². The van der Waals surface area contributed by atoms with E-state index < -0.39 is 0 Å². The number of rotatable bonds is 6. The first-order valence-corrected chi connectivity index (χ1v) is 6.75. The molecule has 22 heavy (non-hydrogen) atoms. The molecule has 0 spiro atoms. The van der Waals surface area contributed by atoms with Gasteiger partial charge in [0.1, 0.15) is 0 Å². The van der Waals surface area contributed by atoms with Crippen molar-refractivity contribution in [2.24, 2.45) is 11.0 Å². The summed E-state index contributed by atoms with van der Waals surface area (Å²) in [6.45, 7) is 0.805. The van der Waals surface area contributed by atoms with E-state index in [1.54, 1.807) is 17.0 Å². The van der Waals surface area contributed by atoms with Crippen LogP contribution in [0.25, 0.3) is 10.4 Å². The fourth-order valence-electron chi connectivity index (χ4n) is 2.53. The summed E-state index contributed by atoms with van der Waals surface area (Å²) in [7, 11) is 4.58. The number of nitrogens with zero attached hydrogens (tertiary/aromatic N) is 4. The van der Waals surface area contributed by atoms with E-state index in [1.165, 1.54) is 21.3 Å². The highest BCUT2D eigenvalue weighted by Gasteiger charge is 2.31. The van der Waals surface area contributed by atoms with Crippen molar-refractivity contribution in [3.63, 3.8) is 0 Å². The number of hydrogen-bond acceptors (Lipinski definition) is 5. The van der Waals surface area contributed by atoms with Crippen molar-refractivity contribution in [3.05, 3.63) is 22.6 Å². The van der Waals surface area contributed by atoms with Crippen LogP contribution < -0.4 is 19.1 Å². The van der Waals surface area contributed by atoms with Gasteiger partial charge in [-0.1, -0.05) is 5.11 Å². The number of benzene rings is 1. The lowest BCUT2D eigenvalue weighted by Gasteiger charge is -2.20. The Hall–Kier alpha value is -2.60. The minimum Gasteiger partial charge on any atom is -0.493 e. The van der Waals surface area contributed by atoms with Crippen LogP contribution in [0.3, 0.4) is 0 Å². The monoisotopic (exact) mass is 306 g/mol. The van der Waals surface area contributed by atoms with Gasteiger partial charge >= 0.3 is 0 Å². The third kappa shape index (κ3) is 3.01. The third-order valence-corrected chi connectivity index (χ3v) is 3.57. The molecule has 1 aromatic rings. The van der Waals surface area contributed by atoms with Crippen molar-refractivity contribution in [2.75, 3.05) is 39.3 Å². The zero-order chi connectivity index (χ0) is 16.1. The first-order chi connectivity index (χ1) is 10.6. The topological polar surface area (TPSA) is 96.8 Å². The molecule has 1 saturated heterocycles. The number of anilines is 1. The van der Waals surface area contributed by atoms with Crippen molar-refractivity contribution in [1.29, 1.82) is 0 Å². The van der Waals surface area contributed by atoms with Gasteiger partial charge < -0.3 is 19.1 Å². The molecular weight excluding hydrogens is 288 g/mol. The molecule has 1 heterocycles. The molecule has 0 bridgehead atoms. The SMILES string of the molecule is COc1cc(N2CC(CN=[N+]=[N-])CC2=O)cc(OC)c1OC. The molecule has 1 aliphatic rings. The Bertz CT molecular complexity index is 588. The molecule has 0 aromatic heterocycles. The molecule has 0 N–H and O–H groups in total. The van der Waals surface area contributed by atoms with E-state index in [0.29, 0.717) is 42.4 Å². The van der Waals surface area contributed by atoms with E-state index in [2.05, 4.69) is 10.0 Å². The molecule has 0 saturated carbocycles. The van der Waals surface area contributed by atoms with Crippen LogP contribution in [-0.2, 0) is 4.79 Å². The number of hydrogen-bond donors (Lipinski definition) is 0. The van der Waals surface area contributed by atoms with E-state index in [-0.39, 0.29) is 11.8 Å². The molecule has 1 atom stereocenters. The standard InChI is InChI=1S/C14H18N4O4/c1-20-11-5-10(6-12(21-2)14(11)22-3)18-8-9(4-13(18)19)7-16-17-15/h5-6,9H,4,7-8H2,1-3H3. The van der Waals surface area contributed by atoms with Crippen LogP contribution in [0.5, 0.6) is 17.2 Å². The van der Waals surface area contributed by atoms with Gasteiger partial charge in [0, 0.05) is 36.6 Å². The molecule has 1 aliphatic heterocycles. The molecule has 2 rings (SSSR count). The number of ether oxygens (including phenoxy) is 3. The number of carbonyl (C=O) groups excluding carboxylic acids is 1. The smallest absolute Gasteiger partial charge is 0.227 e. The van der Waals surface area contributed by atoms with Gasteiger partial charge in [0.2, 0.25) is 11.7 Å². The maximum absolute atomic E-state index is 12.2. The Morgan fingerprint density at radius 2 is 1.91 bits per heavy atom. The molecule has 1 fully saturated rings. The number of amides is 1. The quantitative estimate of drug-likeness (QED) is 0.458. The highest BCUT2D eigenvalue weighted by molar-refractivity contribution is 5.96. The van der Waals surface area contributed by atoms with Crippen molar-refractivity contribution in [1.82, 2.24) is 0 Å². The van der Waals surface area contributed by atoms with Crippen LogP contribution in [-0.4, -0.2) is 40.3 Å². The molecule has 8 heteroatoms. The lowest BCUT2D eigenvalue weighted by molar-refractivity contribution is -0.117. The second kappa shape index (κ2) is 6.91. The average molecular weight is 306 g/mol. The molecule has 118 valence electrons. The van der Waals surface area contributed by atoms with Crippen molar-refractivity contribution in [3.8, 4) is 17.2 Å². The fraction of sp³-hybridized carbons (Fsp3) is 0.500. The highest BCUT2D eigenvalue weighted by Crippen LogP contribution is 2.42. The second-order valence-corrected chi connectivity index (χ2v) is 4.87. The van der Waals surface area contributed by atoms with E-state index in [4.69, 9.17) is 19.7 Å². The van der Waals surface area contributed by atoms with Gasteiger partial charge in [0.15, 0.2) is 11.5 Å². The molecule has 0 radical (unpaired) electrons. The molecule has 1 unspecified atom stereocenters. The number of azide groups is 1. The van der Waals surface area contributed by atoms with Gasteiger partial charge in [-0.2, -0.15) is 0 Å². The maximum atomic E-state index is 12.2. The minimum atomic E-state index is -0.0209. The zero-order valence-electron chi connectivity index (χ0n) is 12.8. The lowest BCUT2D eigenvalue weighted by Crippen LogP contribution is -2.24. The second-order valence-electron chi connectivity index (χ2n) is 4.87. The maximum Gasteiger partial charge on any atom is 0.227 e. The van der Waals surface area contributed by atoms with Crippen LogP contribution >= 0.6 is 0 Å². The van der Waals surface area contributed by atoms with Gasteiger partial charge in [-0.25, -0.2) is 0 Å². The highest BCUT2D eigenvalue weighted by atomic mass is 16.5. The number of methoxy groups -OCH3 is 3. The molecule has 1 amide bonds. The largest absolute Gasteiger partial charge is 0.493 e. The van der Waals surface area contributed by atoms with E-state index in [0.717, 1.165) is 0 Å². The van der Waals surface area contributed by atoms with Gasteiger partial charge in [0.25, 0.3) is 0 Å². The molecule has 1 aromatic carbocycles. The van der Waals surface area contributed by atoms with Gasteiger partial charge in [-0.15, -0.1) is 0 Å². The fourth-order valence-corrected chi connectivity index (χ4v) is 2.53. The van der Waals surface area contributed by atoms with Crippen LogP contribution in [0.1, 0.15) is 6.42 Å². The summed E-state index contributed by atoms with van der Waals surface area (Å²) in [5.74, 6) is 1.45. The molecular formula is C14H18N4O4. The Kier molecular flexibility index (Phi) is 4.95. The lowest BCUT2D eigenvalue weighted by atomic mass is 10.1. The van der Waals surface area contributed by atoms with E-state index in [1.807, 2.05) is 0 Å². The van der Waals surface area contributed by atoms with Crippen LogP contribution in [0.15, 0.2) is 17.2 Å². The summed E-state index contributed by atoms with van der Waals surface area (Å²) in [4.78, 5) is 16.6. The minimum absolute atomic E-state index is 0.0162. The molecule has 8 nitrogen and oxygen atoms in total. The first kappa shape index (κ1) is 15.8. The molecule has 0 aliphatic carbocycles. The first-order valence-electron chi connectivity index (χ1n) is 6.75. The normalized spacial score (nSPS) is 17.1. The Labute approximate surface area is 128 Å². The Morgan fingerprint density at radius 1 is 1.27 bits per heavy atom. The predicted octanol–water partition coefficient (Wildman–Crippen LogP) is 2.38. The summed E-state index contributed by atoms with van der Waals surface area (Å²) in [6.07, 6.45) is 0.357. The van der Waals surface area contributed by atoms with Gasteiger partial charge in [-0.3, -0.25) is 4.79 Å². The van der Waals surface area contributed by atoms with Crippen LogP contribution in [0, 0.1) is 5.92 Å². The van der Waals surface area contributed by atoms with E-state index >= 15 is 0 Å². The Balaban J connectivity index is 2.32. The summed E-state index contributed by atoms with van der Waals surface area (Å²) in [5, 5.41) is 3.54. The average Bonchev–Trinajstić information content (AvgIpc) is 2.92. The summed E-state index contributed by atoms with van der Waals surface area (Å²) in [6, 6.07) is 3.46. The van der Waals surface area contributed by atoms with Crippen molar-refractivity contribution in [2.45, 2.75) is 6.42 Å². The predicted molar refractivity (Wildman–Crippen MR) is 80.6 cm³/mol. The van der Waals surface area contributed by atoms with Crippen molar-refractivity contribution >= 4 is 11.6 Å². The van der Waals surface area contributed by atoms with E-state index in [9.17, 15) is 4.79 Å².